The Kier molecular flexibility index (Phi) is 5.04. The lowest BCUT2D eigenvalue weighted by atomic mass is 10.0. The Morgan fingerprint density at radius 1 is 0.964 bits per heavy atom. The van der Waals surface area contributed by atoms with Crippen molar-refractivity contribution in [3.8, 4) is 11.5 Å². The molecule has 140 valence electrons. The highest BCUT2D eigenvalue weighted by atomic mass is 32.2. The maximum Gasteiger partial charge on any atom is 0.264 e. The fraction of sp³-hybridized carbons (Fsp3) is 0.0909. The first kappa shape index (κ1) is 18.1. The van der Waals surface area contributed by atoms with Crippen LogP contribution >= 0.6 is 11.8 Å². The van der Waals surface area contributed by atoms with Gasteiger partial charge in [0.15, 0.2) is 5.17 Å². The number of aliphatic imine (C=N–C) groups is 1. The highest BCUT2D eigenvalue weighted by molar-refractivity contribution is 8.18. The zero-order valence-electron chi connectivity index (χ0n) is 15.4. The Hall–Kier alpha value is -3.25. The number of nitrogens with one attached hydrogen (secondary N) is 1. The van der Waals surface area contributed by atoms with Gasteiger partial charge in [-0.25, -0.2) is 4.99 Å². The molecule has 0 aromatic heterocycles. The molecule has 1 aliphatic rings. The minimum absolute atomic E-state index is 0.174. The predicted molar refractivity (Wildman–Crippen MR) is 114 cm³/mol. The first-order valence-corrected chi connectivity index (χ1v) is 9.49. The van der Waals surface area contributed by atoms with Crippen LogP contribution in [-0.2, 0) is 4.79 Å². The summed E-state index contributed by atoms with van der Waals surface area (Å²) < 4.78 is 10.7. The third-order valence-electron chi connectivity index (χ3n) is 4.38. The van der Waals surface area contributed by atoms with E-state index in [0.29, 0.717) is 10.1 Å². The molecule has 0 saturated carbocycles. The van der Waals surface area contributed by atoms with E-state index in [9.17, 15) is 4.79 Å². The molecule has 0 atom stereocenters. The van der Waals surface area contributed by atoms with Gasteiger partial charge in [-0.1, -0.05) is 30.3 Å². The molecule has 6 heteroatoms. The van der Waals surface area contributed by atoms with E-state index in [0.717, 1.165) is 33.5 Å². The summed E-state index contributed by atoms with van der Waals surface area (Å²) in [5.74, 6) is 1.31. The molecule has 0 spiro atoms. The molecule has 0 radical (unpaired) electrons. The second-order valence-electron chi connectivity index (χ2n) is 6.08. The Balaban J connectivity index is 1.68. The smallest absolute Gasteiger partial charge is 0.264 e. The third kappa shape index (κ3) is 3.59. The molecule has 28 heavy (non-hydrogen) atoms. The zero-order chi connectivity index (χ0) is 19.5. The average molecular weight is 390 g/mol. The van der Waals surface area contributed by atoms with Gasteiger partial charge in [-0.2, -0.15) is 0 Å². The minimum atomic E-state index is -0.174. The molecule has 1 heterocycles. The number of hydrogen-bond donors (Lipinski definition) is 1. The number of carbonyl (C=O) groups is 1. The second-order valence-corrected chi connectivity index (χ2v) is 7.11. The van der Waals surface area contributed by atoms with Gasteiger partial charge in [0.1, 0.15) is 11.5 Å². The van der Waals surface area contributed by atoms with Crippen LogP contribution in [0.4, 0.5) is 5.69 Å². The van der Waals surface area contributed by atoms with Crippen LogP contribution in [-0.4, -0.2) is 25.3 Å². The van der Waals surface area contributed by atoms with Crippen LogP contribution in [0.5, 0.6) is 11.5 Å². The Labute approximate surface area is 167 Å². The fourth-order valence-corrected chi connectivity index (χ4v) is 3.81. The first-order valence-electron chi connectivity index (χ1n) is 8.67. The molecule has 0 bridgehead atoms. The number of hydrogen-bond acceptors (Lipinski definition) is 5. The van der Waals surface area contributed by atoms with Crippen molar-refractivity contribution in [3.05, 3.63) is 71.1 Å². The van der Waals surface area contributed by atoms with Crippen molar-refractivity contribution in [1.29, 1.82) is 0 Å². The molecule has 0 aliphatic carbocycles. The summed E-state index contributed by atoms with van der Waals surface area (Å²) in [5.41, 5.74) is 1.62. The maximum atomic E-state index is 12.5. The van der Waals surface area contributed by atoms with Crippen LogP contribution in [0.15, 0.2) is 70.6 Å². The molecule has 1 N–H and O–H groups in total. The highest BCUT2D eigenvalue weighted by Gasteiger charge is 2.24. The van der Waals surface area contributed by atoms with Crippen molar-refractivity contribution in [1.82, 2.24) is 5.32 Å². The molecule has 3 aromatic carbocycles. The van der Waals surface area contributed by atoms with E-state index in [2.05, 4.69) is 10.3 Å². The number of amidine groups is 1. The average Bonchev–Trinajstić information content (AvgIpc) is 3.07. The van der Waals surface area contributed by atoms with E-state index < -0.39 is 0 Å². The number of thioether (sulfide) groups is 1. The third-order valence-corrected chi connectivity index (χ3v) is 5.29. The van der Waals surface area contributed by atoms with Crippen LogP contribution in [0, 0.1) is 0 Å². The van der Waals surface area contributed by atoms with E-state index in [1.807, 2.05) is 66.7 Å². The monoisotopic (exact) mass is 390 g/mol. The largest absolute Gasteiger partial charge is 0.497 e. The molecule has 1 amide bonds. The maximum absolute atomic E-state index is 12.5. The van der Waals surface area contributed by atoms with Crippen LogP contribution in [0.3, 0.4) is 0 Å². The Morgan fingerprint density at radius 3 is 2.50 bits per heavy atom. The molecule has 4 rings (SSSR count). The van der Waals surface area contributed by atoms with Gasteiger partial charge < -0.3 is 14.8 Å². The van der Waals surface area contributed by atoms with Crippen molar-refractivity contribution in [2.24, 2.45) is 4.99 Å². The van der Waals surface area contributed by atoms with E-state index in [-0.39, 0.29) is 5.91 Å². The lowest BCUT2D eigenvalue weighted by Crippen LogP contribution is -2.19. The summed E-state index contributed by atoms with van der Waals surface area (Å²) in [6, 6.07) is 19.3. The van der Waals surface area contributed by atoms with Gasteiger partial charge in [-0.05, 0) is 58.9 Å². The standard InChI is InChI=1S/C22H18N2O3S/c1-26-16-10-8-15(9-11-16)23-22-24-21(25)20(28-22)13-18-17-6-4-3-5-14(17)7-12-19(18)27-2/h3-13H,1-2H3,(H,23,24,25). The Bertz CT molecular complexity index is 1100. The van der Waals surface area contributed by atoms with Crippen molar-refractivity contribution >= 4 is 45.4 Å². The topological polar surface area (TPSA) is 59.9 Å². The van der Waals surface area contributed by atoms with E-state index in [4.69, 9.17) is 9.47 Å². The summed E-state index contributed by atoms with van der Waals surface area (Å²) >= 11 is 1.31. The molecule has 0 unspecified atom stereocenters. The molecule has 1 saturated heterocycles. The van der Waals surface area contributed by atoms with Crippen molar-refractivity contribution < 1.29 is 14.3 Å². The molecular formula is C22H18N2O3S. The van der Waals surface area contributed by atoms with Crippen LogP contribution < -0.4 is 14.8 Å². The number of carbonyl (C=O) groups excluding carboxylic acids is 1. The van der Waals surface area contributed by atoms with Gasteiger partial charge in [0.05, 0.1) is 24.8 Å². The quantitative estimate of drug-likeness (QED) is 0.653. The van der Waals surface area contributed by atoms with Crippen molar-refractivity contribution in [2.75, 3.05) is 14.2 Å². The summed E-state index contributed by atoms with van der Waals surface area (Å²) in [6.45, 7) is 0. The molecule has 1 aliphatic heterocycles. The summed E-state index contributed by atoms with van der Waals surface area (Å²) in [6.07, 6.45) is 1.86. The molecular weight excluding hydrogens is 372 g/mol. The van der Waals surface area contributed by atoms with E-state index in [1.54, 1.807) is 14.2 Å². The van der Waals surface area contributed by atoms with Gasteiger partial charge >= 0.3 is 0 Å². The lowest BCUT2D eigenvalue weighted by Gasteiger charge is -2.09. The van der Waals surface area contributed by atoms with E-state index >= 15 is 0 Å². The number of benzene rings is 3. The number of rotatable bonds is 4. The van der Waals surface area contributed by atoms with Gasteiger partial charge in [0, 0.05) is 5.56 Å². The van der Waals surface area contributed by atoms with Gasteiger partial charge in [0.25, 0.3) is 5.91 Å². The molecule has 1 fully saturated rings. The minimum Gasteiger partial charge on any atom is -0.497 e. The lowest BCUT2D eigenvalue weighted by molar-refractivity contribution is -0.115. The number of ether oxygens (including phenoxy) is 2. The number of methoxy groups -OCH3 is 2. The summed E-state index contributed by atoms with van der Waals surface area (Å²) in [4.78, 5) is 17.5. The van der Waals surface area contributed by atoms with E-state index in [1.165, 1.54) is 11.8 Å². The SMILES string of the molecule is COc1ccc(N=C2NC(=O)C(=Cc3c(OC)ccc4ccccc34)S2)cc1. The Morgan fingerprint density at radius 2 is 1.75 bits per heavy atom. The van der Waals surface area contributed by atoms with Crippen LogP contribution in [0.2, 0.25) is 0 Å². The zero-order valence-corrected chi connectivity index (χ0v) is 16.2. The summed E-state index contributed by atoms with van der Waals surface area (Å²) in [7, 11) is 3.25. The first-order chi connectivity index (χ1) is 13.7. The van der Waals surface area contributed by atoms with Crippen LogP contribution in [0.1, 0.15) is 5.56 Å². The fourth-order valence-electron chi connectivity index (χ4n) is 2.99. The van der Waals surface area contributed by atoms with Crippen molar-refractivity contribution in [2.45, 2.75) is 0 Å². The molecule has 3 aromatic rings. The van der Waals surface area contributed by atoms with Gasteiger partial charge in [-0.3, -0.25) is 4.79 Å². The highest BCUT2D eigenvalue weighted by Crippen LogP contribution is 2.34. The van der Waals surface area contributed by atoms with Crippen LogP contribution in [0.25, 0.3) is 16.8 Å². The molecule has 5 nitrogen and oxygen atoms in total. The summed E-state index contributed by atoms with van der Waals surface area (Å²) in [5, 5.41) is 5.48. The number of nitrogens with zero attached hydrogens (tertiary/aromatic N) is 1. The van der Waals surface area contributed by atoms with Gasteiger partial charge in [-0.15, -0.1) is 0 Å². The van der Waals surface area contributed by atoms with Crippen molar-refractivity contribution in [3.63, 3.8) is 0 Å². The number of fused-ring (bicyclic) bond motifs is 1. The second kappa shape index (κ2) is 7.78. The number of amides is 1. The van der Waals surface area contributed by atoms with Gasteiger partial charge in [0.2, 0.25) is 0 Å². The predicted octanol–water partition coefficient (Wildman–Crippen LogP) is 4.75. The normalized spacial score (nSPS) is 16.6.